The van der Waals surface area contributed by atoms with Crippen molar-refractivity contribution in [2.75, 3.05) is 0 Å². The van der Waals surface area contributed by atoms with Crippen molar-refractivity contribution in [3.8, 4) is 5.75 Å². The quantitative estimate of drug-likeness (QED) is 0.433. The molecule has 0 aliphatic carbocycles. The minimum atomic E-state index is -0.576. The van der Waals surface area contributed by atoms with E-state index in [0.29, 0.717) is 33.3 Å². The van der Waals surface area contributed by atoms with E-state index in [9.17, 15) is 9.59 Å². The summed E-state index contributed by atoms with van der Waals surface area (Å²) < 4.78 is 10.3. The van der Waals surface area contributed by atoms with E-state index in [2.05, 4.69) is 4.99 Å². The van der Waals surface area contributed by atoms with Gasteiger partial charge in [0.25, 0.3) is 0 Å². The average molecular weight is 390 g/mol. The number of ether oxygens (including phenoxy) is 2. The Bertz CT molecular complexity index is 933. The van der Waals surface area contributed by atoms with E-state index < -0.39 is 5.97 Å². The molecule has 1 aliphatic rings. The number of benzene rings is 2. The summed E-state index contributed by atoms with van der Waals surface area (Å²) in [5.74, 6) is -0.335. The Morgan fingerprint density at radius 2 is 1.92 bits per heavy atom. The third kappa shape index (κ3) is 4.12. The van der Waals surface area contributed by atoms with Crippen LogP contribution in [0.25, 0.3) is 6.08 Å². The predicted octanol–water partition coefficient (Wildman–Crippen LogP) is 4.65. The number of aliphatic imine (C=N–C) groups is 1. The van der Waals surface area contributed by atoms with Gasteiger partial charge in [-0.25, -0.2) is 9.79 Å². The SMILES string of the molecule is CCC(=O)Oc1ccc(/C=C2\N=C(c3ccc(Cl)cc3Cl)OC2=O)cc1. The monoisotopic (exact) mass is 389 g/mol. The second-order valence-electron chi connectivity index (χ2n) is 5.36. The van der Waals surface area contributed by atoms with Crippen molar-refractivity contribution in [3.63, 3.8) is 0 Å². The molecule has 0 spiro atoms. The Morgan fingerprint density at radius 1 is 1.19 bits per heavy atom. The molecule has 0 N–H and O–H groups in total. The Hall–Kier alpha value is -2.63. The Labute approximate surface area is 159 Å². The highest BCUT2D eigenvalue weighted by molar-refractivity contribution is 6.37. The van der Waals surface area contributed by atoms with Crippen LogP contribution in [0, 0.1) is 0 Å². The molecule has 0 aromatic heterocycles. The van der Waals surface area contributed by atoms with Crippen molar-refractivity contribution in [3.05, 3.63) is 69.3 Å². The largest absolute Gasteiger partial charge is 0.427 e. The van der Waals surface area contributed by atoms with E-state index in [1.807, 2.05) is 0 Å². The first-order chi connectivity index (χ1) is 12.5. The molecule has 132 valence electrons. The molecule has 2 aromatic rings. The minimum Gasteiger partial charge on any atom is -0.427 e. The first-order valence-electron chi connectivity index (χ1n) is 7.75. The van der Waals surface area contributed by atoms with E-state index in [1.165, 1.54) is 0 Å². The van der Waals surface area contributed by atoms with Gasteiger partial charge in [0, 0.05) is 11.4 Å². The summed E-state index contributed by atoms with van der Waals surface area (Å²) in [6, 6.07) is 11.5. The normalized spacial score (nSPS) is 15.0. The zero-order valence-corrected chi connectivity index (χ0v) is 15.2. The molecule has 0 radical (unpaired) electrons. The molecule has 3 rings (SSSR count). The van der Waals surface area contributed by atoms with E-state index >= 15 is 0 Å². The zero-order valence-electron chi connectivity index (χ0n) is 13.7. The molecule has 0 fully saturated rings. The number of halogens is 2. The highest BCUT2D eigenvalue weighted by Gasteiger charge is 2.25. The fraction of sp³-hybridized carbons (Fsp3) is 0.105. The maximum absolute atomic E-state index is 12.0. The van der Waals surface area contributed by atoms with E-state index in [1.54, 1.807) is 55.5 Å². The van der Waals surface area contributed by atoms with Crippen LogP contribution in [0.4, 0.5) is 0 Å². The summed E-state index contributed by atoms with van der Waals surface area (Å²) in [5.41, 5.74) is 1.33. The highest BCUT2D eigenvalue weighted by Crippen LogP contribution is 2.26. The van der Waals surface area contributed by atoms with Crippen LogP contribution in [0.1, 0.15) is 24.5 Å². The van der Waals surface area contributed by atoms with E-state index in [-0.39, 0.29) is 17.6 Å². The molecule has 2 aromatic carbocycles. The lowest BCUT2D eigenvalue weighted by Gasteiger charge is -2.02. The maximum atomic E-state index is 12.0. The van der Waals surface area contributed by atoms with Crippen LogP contribution in [0.15, 0.2) is 53.2 Å². The van der Waals surface area contributed by atoms with Crippen LogP contribution in [0.5, 0.6) is 5.75 Å². The summed E-state index contributed by atoms with van der Waals surface area (Å²) in [5, 5.41) is 0.815. The number of cyclic esters (lactones) is 1. The molecule has 5 nitrogen and oxygen atoms in total. The third-order valence-electron chi connectivity index (χ3n) is 3.49. The van der Waals surface area contributed by atoms with Crippen molar-refractivity contribution in [2.45, 2.75) is 13.3 Å². The lowest BCUT2D eigenvalue weighted by molar-refractivity contribution is -0.134. The van der Waals surface area contributed by atoms with Crippen LogP contribution in [-0.4, -0.2) is 17.8 Å². The Morgan fingerprint density at radius 3 is 2.58 bits per heavy atom. The minimum absolute atomic E-state index is 0.122. The van der Waals surface area contributed by atoms with Gasteiger partial charge in [-0.05, 0) is 42.0 Å². The van der Waals surface area contributed by atoms with Gasteiger partial charge in [-0.3, -0.25) is 4.79 Å². The van der Waals surface area contributed by atoms with Gasteiger partial charge in [0.15, 0.2) is 5.70 Å². The zero-order chi connectivity index (χ0) is 18.7. The average Bonchev–Trinajstić information content (AvgIpc) is 2.96. The molecule has 1 aliphatic heterocycles. The van der Waals surface area contributed by atoms with Gasteiger partial charge < -0.3 is 9.47 Å². The number of carbonyl (C=O) groups excluding carboxylic acids is 2. The molecule has 0 saturated carbocycles. The molecular formula is C19H13Cl2NO4. The fourth-order valence-corrected chi connectivity index (χ4v) is 2.67. The van der Waals surface area contributed by atoms with Gasteiger partial charge >= 0.3 is 11.9 Å². The Kier molecular flexibility index (Phi) is 5.40. The standard InChI is InChI=1S/C19H13Cl2NO4/c1-2-17(23)25-13-6-3-11(4-7-13)9-16-19(24)26-18(22-16)14-8-5-12(20)10-15(14)21/h3-10H,2H2,1H3/b16-9-. The summed E-state index contributed by atoms with van der Waals surface area (Å²) >= 11 is 12.0. The predicted molar refractivity (Wildman–Crippen MR) is 99.4 cm³/mol. The smallest absolute Gasteiger partial charge is 0.363 e. The lowest BCUT2D eigenvalue weighted by Crippen LogP contribution is -2.06. The van der Waals surface area contributed by atoms with Crippen molar-refractivity contribution in [1.29, 1.82) is 0 Å². The highest BCUT2D eigenvalue weighted by atomic mass is 35.5. The molecule has 26 heavy (non-hydrogen) atoms. The number of hydrogen-bond donors (Lipinski definition) is 0. The summed E-state index contributed by atoms with van der Waals surface area (Å²) in [7, 11) is 0. The molecular weight excluding hydrogens is 377 g/mol. The molecule has 0 saturated heterocycles. The van der Waals surface area contributed by atoms with Crippen molar-refractivity contribution in [2.24, 2.45) is 4.99 Å². The first-order valence-corrected chi connectivity index (χ1v) is 8.50. The number of esters is 2. The van der Waals surface area contributed by atoms with E-state index in [0.717, 1.165) is 0 Å². The van der Waals surface area contributed by atoms with Crippen LogP contribution in [-0.2, 0) is 14.3 Å². The van der Waals surface area contributed by atoms with Gasteiger partial charge in [-0.15, -0.1) is 0 Å². The molecule has 7 heteroatoms. The Balaban J connectivity index is 1.83. The topological polar surface area (TPSA) is 65.0 Å². The van der Waals surface area contributed by atoms with Gasteiger partial charge in [0.1, 0.15) is 5.75 Å². The van der Waals surface area contributed by atoms with Gasteiger partial charge in [-0.1, -0.05) is 42.3 Å². The van der Waals surface area contributed by atoms with Gasteiger partial charge in [0.2, 0.25) is 5.90 Å². The second-order valence-corrected chi connectivity index (χ2v) is 6.20. The van der Waals surface area contributed by atoms with Crippen LogP contribution in [0.2, 0.25) is 10.0 Å². The van der Waals surface area contributed by atoms with E-state index in [4.69, 9.17) is 32.7 Å². The molecule has 0 bridgehead atoms. The summed E-state index contributed by atoms with van der Waals surface area (Å²) in [6.45, 7) is 1.72. The number of rotatable bonds is 4. The summed E-state index contributed by atoms with van der Waals surface area (Å²) in [4.78, 5) is 27.5. The lowest BCUT2D eigenvalue weighted by atomic mass is 10.2. The van der Waals surface area contributed by atoms with Crippen molar-refractivity contribution >= 4 is 47.1 Å². The third-order valence-corrected chi connectivity index (χ3v) is 4.03. The van der Waals surface area contributed by atoms with Crippen LogP contribution < -0.4 is 4.74 Å². The fourth-order valence-electron chi connectivity index (χ4n) is 2.18. The second kappa shape index (κ2) is 7.72. The van der Waals surface area contributed by atoms with Gasteiger partial charge in [-0.2, -0.15) is 0 Å². The molecule has 1 heterocycles. The van der Waals surface area contributed by atoms with Crippen molar-refractivity contribution in [1.82, 2.24) is 0 Å². The molecule has 0 amide bonds. The van der Waals surface area contributed by atoms with Crippen LogP contribution >= 0.6 is 23.2 Å². The number of carbonyl (C=O) groups is 2. The molecule has 0 atom stereocenters. The number of hydrogen-bond acceptors (Lipinski definition) is 5. The first kappa shape index (κ1) is 18.2. The molecule has 0 unspecified atom stereocenters. The van der Waals surface area contributed by atoms with Gasteiger partial charge in [0.05, 0.1) is 10.6 Å². The number of nitrogens with zero attached hydrogens (tertiary/aromatic N) is 1. The summed E-state index contributed by atoms with van der Waals surface area (Å²) in [6.07, 6.45) is 1.87. The van der Waals surface area contributed by atoms with Crippen molar-refractivity contribution < 1.29 is 19.1 Å². The van der Waals surface area contributed by atoms with Crippen LogP contribution in [0.3, 0.4) is 0 Å². The maximum Gasteiger partial charge on any atom is 0.363 e.